The van der Waals surface area contributed by atoms with Crippen LogP contribution in [0, 0.1) is 0 Å². The van der Waals surface area contributed by atoms with Crippen molar-refractivity contribution in [2.24, 2.45) is 0 Å². The number of hydrogen-bond acceptors (Lipinski definition) is 5. The number of hydrogen-bond donors (Lipinski definition) is 3. The van der Waals surface area contributed by atoms with Crippen molar-refractivity contribution in [3.8, 4) is 5.75 Å². The minimum atomic E-state index is -0.425. The van der Waals surface area contributed by atoms with Crippen LogP contribution < -0.4 is 10.6 Å². The molecular formula is C17H29N3O3. The largest absolute Gasteiger partial charge is 0.508 e. The Hall–Kier alpha value is -1.79. The van der Waals surface area contributed by atoms with Crippen LogP contribution in [0.15, 0.2) is 18.2 Å². The number of aromatic hydroxyl groups is 1. The molecular weight excluding hydrogens is 294 g/mol. The Morgan fingerprint density at radius 3 is 2.61 bits per heavy atom. The van der Waals surface area contributed by atoms with Gasteiger partial charge in [-0.2, -0.15) is 0 Å². The van der Waals surface area contributed by atoms with Gasteiger partial charge in [0.2, 0.25) is 0 Å². The molecule has 3 N–H and O–H groups in total. The van der Waals surface area contributed by atoms with Crippen LogP contribution in [0.25, 0.3) is 0 Å². The maximum absolute atomic E-state index is 11.0. The highest BCUT2D eigenvalue weighted by Crippen LogP contribution is 2.23. The van der Waals surface area contributed by atoms with E-state index in [2.05, 4.69) is 41.0 Å². The highest BCUT2D eigenvalue weighted by molar-refractivity contribution is 5.66. The molecule has 0 aliphatic carbocycles. The molecule has 1 atom stereocenters. The third kappa shape index (κ3) is 6.46. The van der Waals surface area contributed by atoms with E-state index in [1.165, 1.54) is 7.11 Å². The molecule has 0 aromatic heterocycles. The van der Waals surface area contributed by atoms with Gasteiger partial charge in [0.1, 0.15) is 5.75 Å². The summed E-state index contributed by atoms with van der Waals surface area (Å²) in [6.07, 6.45) is -0.425. The highest BCUT2D eigenvalue weighted by Gasteiger charge is 2.11. The predicted molar refractivity (Wildman–Crippen MR) is 91.6 cm³/mol. The number of nitrogens with zero attached hydrogens (tertiary/aromatic N) is 1. The van der Waals surface area contributed by atoms with Gasteiger partial charge in [0, 0.05) is 31.2 Å². The van der Waals surface area contributed by atoms with Gasteiger partial charge in [-0.15, -0.1) is 0 Å². The average molecular weight is 323 g/mol. The topological polar surface area (TPSA) is 73.8 Å². The van der Waals surface area contributed by atoms with Gasteiger partial charge in [0.15, 0.2) is 0 Å². The zero-order valence-corrected chi connectivity index (χ0v) is 14.6. The van der Waals surface area contributed by atoms with Gasteiger partial charge in [0.05, 0.1) is 7.11 Å². The highest BCUT2D eigenvalue weighted by atomic mass is 16.5. The molecule has 0 aliphatic heterocycles. The van der Waals surface area contributed by atoms with E-state index < -0.39 is 6.09 Å². The van der Waals surface area contributed by atoms with Gasteiger partial charge >= 0.3 is 6.09 Å². The van der Waals surface area contributed by atoms with E-state index >= 15 is 0 Å². The number of phenols is 1. The second-order valence-electron chi connectivity index (χ2n) is 5.44. The molecule has 6 heteroatoms. The second kappa shape index (κ2) is 10.1. The van der Waals surface area contributed by atoms with Gasteiger partial charge in [-0.1, -0.05) is 19.9 Å². The van der Waals surface area contributed by atoms with Crippen LogP contribution in [0.5, 0.6) is 5.75 Å². The van der Waals surface area contributed by atoms with Crippen molar-refractivity contribution in [1.29, 1.82) is 0 Å². The summed E-state index contributed by atoms with van der Waals surface area (Å²) in [6, 6.07) is 5.84. The van der Waals surface area contributed by atoms with Crippen molar-refractivity contribution < 1.29 is 14.6 Å². The van der Waals surface area contributed by atoms with Crippen LogP contribution >= 0.6 is 0 Å². The van der Waals surface area contributed by atoms with Crippen LogP contribution in [0.2, 0.25) is 0 Å². The van der Waals surface area contributed by atoms with E-state index in [0.717, 1.165) is 30.8 Å². The number of phenolic OH excluding ortho intramolecular Hbond substituents is 1. The summed E-state index contributed by atoms with van der Waals surface area (Å²) in [5.74, 6) is 0.334. The van der Waals surface area contributed by atoms with E-state index in [-0.39, 0.29) is 6.04 Å². The number of nitrogens with one attached hydrogen (secondary N) is 2. The van der Waals surface area contributed by atoms with E-state index in [1.807, 2.05) is 12.1 Å². The van der Waals surface area contributed by atoms with E-state index in [1.54, 1.807) is 6.07 Å². The molecule has 1 rings (SSSR count). The van der Waals surface area contributed by atoms with Crippen molar-refractivity contribution in [3.05, 3.63) is 29.3 Å². The molecule has 0 radical (unpaired) electrons. The predicted octanol–water partition coefficient (Wildman–Crippen LogP) is 2.24. The third-order valence-electron chi connectivity index (χ3n) is 3.92. The molecule has 6 nitrogen and oxygen atoms in total. The molecule has 130 valence electrons. The van der Waals surface area contributed by atoms with Gasteiger partial charge < -0.3 is 20.5 Å². The molecule has 0 heterocycles. The molecule has 1 aromatic carbocycles. The lowest BCUT2D eigenvalue weighted by molar-refractivity contribution is 0.171. The fourth-order valence-electron chi connectivity index (χ4n) is 2.33. The summed E-state index contributed by atoms with van der Waals surface area (Å²) >= 11 is 0. The van der Waals surface area contributed by atoms with E-state index in [4.69, 9.17) is 0 Å². The molecule has 1 unspecified atom stereocenters. The summed E-state index contributed by atoms with van der Waals surface area (Å²) in [5, 5.41) is 16.0. The zero-order chi connectivity index (χ0) is 17.2. The van der Waals surface area contributed by atoms with Crippen LogP contribution in [0.3, 0.4) is 0 Å². The number of amides is 1. The van der Waals surface area contributed by atoms with E-state index in [9.17, 15) is 9.90 Å². The number of methoxy groups -OCH3 is 1. The summed E-state index contributed by atoms with van der Waals surface area (Å²) in [7, 11) is 1.35. The van der Waals surface area contributed by atoms with Gasteiger partial charge in [-0.3, -0.25) is 4.90 Å². The van der Waals surface area contributed by atoms with Gasteiger partial charge in [-0.25, -0.2) is 4.79 Å². The molecule has 1 aromatic rings. The molecule has 0 saturated heterocycles. The summed E-state index contributed by atoms with van der Waals surface area (Å²) < 4.78 is 4.52. The van der Waals surface area contributed by atoms with Gasteiger partial charge in [0.25, 0.3) is 0 Å². The van der Waals surface area contributed by atoms with E-state index in [0.29, 0.717) is 18.8 Å². The Labute approximate surface area is 138 Å². The van der Waals surface area contributed by atoms with Crippen molar-refractivity contribution >= 4 is 6.09 Å². The molecule has 0 saturated carbocycles. The SMILES string of the molecule is CCN(CC)Cc1cc(C(C)NCCNC(=O)OC)ccc1O. The Bertz CT molecular complexity index is 490. The average Bonchev–Trinajstić information content (AvgIpc) is 2.57. The quantitative estimate of drug-likeness (QED) is 0.608. The molecule has 0 spiro atoms. The Morgan fingerprint density at radius 1 is 1.30 bits per heavy atom. The number of ether oxygens (including phenoxy) is 1. The second-order valence-corrected chi connectivity index (χ2v) is 5.44. The normalized spacial score (nSPS) is 12.2. The zero-order valence-electron chi connectivity index (χ0n) is 14.6. The first-order valence-electron chi connectivity index (χ1n) is 8.11. The Balaban J connectivity index is 2.60. The molecule has 23 heavy (non-hydrogen) atoms. The van der Waals surface area contributed by atoms with Gasteiger partial charge in [-0.05, 0) is 37.7 Å². The monoisotopic (exact) mass is 323 g/mol. The van der Waals surface area contributed by atoms with Crippen molar-refractivity contribution in [3.63, 3.8) is 0 Å². The molecule has 0 fully saturated rings. The number of rotatable bonds is 9. The maximum atomic E-state index is 11.0. The lowest BCUT2D eigenvalue weighted by Gasteiger charge is -2.21. The lowest BCUT2D eigenvalue weighted by Crippen LogP contribution is -2.32. The first-order valence-corrected chi connectivity index (χ1v) is 8.11. The summed E-state index contributed by atoms with van der Waals surface area (Å²) in [4.78, 5) is 13.2. The maximum Gasteiger partial charge on any atom is 0.406 e. The smallest absolute Gasteiger partial charge is 0.406 e. The van der Waals surface area contributed by atoms with Crippen LogP contribution in [-0.4, -0.2) is 49.4 Å². The minimum absolute atomic E-state index is 0.130. The van der Waals surface area contributed by atoms with Crippen LogP contribution in [0.1, 0.15) is 37.9 Å². The lowest BCUT2D eigenvalue weighted by atomic mass is 10.0. The number of alkyl carbamates (subject to hydrolysis) is 1. The fourth-order valence-corrected chi connectivity index (χ4v) is 2.33. The summed E-state index contributed by atoms with van der Waals surface area (Å²) in [6.45, 7) is 10.1. The van der Waals surface area contributed by atoms with Crippen LogP contribution in [0.4, 0.5) is 4.79 Å². The van der Waals surface area contributed by atoms with Crippen molar-refractivity contribution in [2.75, 3.05) is 33.3 Å². The Kier molecular flexibility index (Phi) is 8.43. The Morgan fingerprint density at radius 2 is 2.00 bits per heavy atom. The van der Waals surface area contributed by atoms with Crippen molar-refractivity contribution in [1.82, 2.24) is 15.5 Å². The minimum Gasteiger partial charge on any atom is -0.508 e. The molecule has 0 bridgehead atoms. The first kappa shape index (κ1) is 19.3. The number of carbonyl (C=O) groups excluding carboxylic acids is 1. The first-order chi connectivity index (χ1) is 11.0. The molecule has 1 amide bonds. The standard InChI is InChI=1S/C17H29N3O3/c1-5-20(6-2)12-15-11-14(7-8-16(15)21)13(3)18-9-10-19-17(22)23-4/h7-8,11,13,18,21H,5-6,9-10,12H2,1-4H3,(H,19,22). The summed E-state index contributed by atoms with van der Waals surface area (Å²) in [5.41, 5.74) is 2.05. The molecule has 0 aliphatic rings. The fraction of sp³-hybridized carbons (Fsp3) is 0.588. The number of benzene rings is 1. The van der Waals surface area contributed by atoms with Crippen molar-refractivity contribution in [2.45, 2.75) is 33.4 Å². The number of carbonyl (C=O) groups is 1. The van der Waals surface area contributed by atoms with Crippen LogP contribution in [-0.2, 0) is 11.3 Å². The third-order valence-corrected chi connectivity index (χ3v) is 3.92.